The molecule has 2 heterocycles. The molecule has 2 aromatic carbocycles. The lowest BCUT2D eigenvalue weighted by Crippen LogP contribution is -2.40. The normalized spacial score (nSPS) is 18.8. The maximum Gasteiger partial charge on any atom is 0.254 e. The first kappa shape index (κ1) is 19.5. The molecule has 3 aromatic rings. The SMILES string of the molecule is O=C(c1ccc(S(=O)(=O)NC2CC2)cc1)N1CCc2sccc2[C@@H]1c1ccccc1. The van der Waals surface area contributed by atoms with Crippen molar-refractivity contribution in [3.63, 3.8) is 0 Å². The van der Waals surface area contributed by atoms with Crippen LogP contribution >= 0.6 is 11.3 Å². The first-order chi connectivity index (χ1) is 14.5. The Labute approximate surface area is 180 Å². The molecule has 0 spiro atoms. The van der Waals surface area contributed by atoms with E-state index < -0.39 is 10.0 Å². The minimum atomic E-state index is -3.52. The number of carbonyl (C=O) groups is 1. The Kier molecular flexibility index (Phi) is 4.97. The fraction of sp³-hybridized carbons (Fsp3) is 0.261. The summed E-state index contributed by atoms with van der Waals surface area (Å²) >= 11 is 1.74. The van der Waals surface area contributed by atoms with E-state index in [-0.39, 0.29) is 22.9 Å². The second kappa shape index (κ2) is 7.65. The largest absolute Gasteiger partial charge is 0.327 e. The van der Waals surface area contributed by atoms with Crippen molar-refractivity contribution in [2.75, 3.05) is 6.54 Å². The molecule has 7 heteroatoms. The quantitative estimate of drug-likeness (QED) is 0.655. The van der Waals surface area contributed by atoms with Crippen LogP contribution in [0.5, 0.6) is 0 Å². The van der Waals surface area contributed by atoms with Gasteiger partial charge < -0.3 is 4.90 Å². The van der Waals surface area contributed by atoms with Gasteiger partial charge in [0.15, 0.2) is 0 Å². The van der Waals surface area contributed by atoms with Gasteiger partial charge in [-0.05, 0) is 66.1 Å². The van der Waals surface area contributed by atoms with Crippen LogP contribution in [0.15, 0.2) is 70.9 Å². The number of benzene rings is 2. The van der Waals surface area contributed by atoms with Crippen LogP contribution in [0.25, 0.3) is 0 Å². The number of nitrogens with one attached hydrogen (secondary N) is 1. The Morgan fingerprint density at radius 2 is 1.73 bits per heavy atom. The number of sulfonamides is 1. The minimum Gasteiger partial charge on any atom is -0.327 e. The van der Waals surface area contributed by atoms with Gasteiger partial charge in [0.1, 0.15) is 0 Å². The van der Waals surface area contributed by atoms with E-state index in [0.29, 0.717) is 12.1 Å². The number of amides is 1. The van der Waals surface area contributed by atoms with E-state index in [1.54, 1.807) is 23.5 Å². The highest BCUT2D eigenvalue weighted by molar-refractivity contribution is 7.89. The Morgan fingerprint density at radius 1 is 1.00 bits per heavy atom. The van der Waals surface area contributed by atoms with E-state index in [0.717, 1.165) is 24.8 Å². The standard InChI is InChI=1S/C23H22N2O3S2/c26-23(17-6-10-19(11-7-17)30(27,28)24-18-8-9-18)25-14-12-21-20(13-15-29-21)22(25)16-4-2-1-3-5-16/h1-7,10-11,13,15,18,22,24H,8-9,12,14H2/t22-/m0/s1. The zero-order valence-corrected chi connectivity index (χ0v) is 18.0. The summed E-state index contributed by atoms with van der Waals surface area (Å²) in [5, 5.41) is 2.08. The van der Waals surface area contributed by atoms with Crippen LogP contribution in [0.3, 0.4) is 0 Å². The number of rotatable bonds is 5. The molecule has 30 heavy (non-hydrogen) atoms. The van der Waals surface area contributed by atoms with Crippen LogP contribution in [-0.2, 0) is 16.4 Å². The molecule has 5 nitrogen and oxygen atoms in total. The molecular formula is C23H22N2O3S2. The zero-order valence-electron chi connectivity index (χ0n) is 16.3. The molecule has 154 valence electrons. The smallest absolute Gasteiger partial charge is 0.254 e. The summed E-state index contributed by atoms with van der Waals surface area (Å²) in [5.41, 5.74) is 2.76. The van der Waals surface area contributed by atoms with Crippen molar-refractivity contribution < 1.29 is 13.2 Å². The highest BCUT2D eigenvalue weighted by Gasteiger charge is 2.33. The second-order valence-electron chi connectivity index (χ2n) is 7.78. The first-order valence-electron chi connectivity index (χ1n) is 10.1. The van der Waals surface area contributed by atoms with Gasteiger partial charge in [0.25, 0.3) is 5.91 Å². The Hall–Kier alpha value is -2.48. The summed E-state index contributed by atoms with van der Waals surface area (Å²) in [6, 6.07) is 18.4. The number of carbonyl (C=O) groups excluding carboxylic acids is 1. The molecule has 1 amide bonds. The van der Waals surface area contributed by atoms with Gasteiger partial charge in [0.2, 0.25) is 10.0 Å². The van der Waals surface area contributed by atoms with Crippen molar-refractivity contribution in [1.82, 2.24) is 9.62 Å². The minimum absolute atomic E-state index is 0.0519. The maximum absolute atomic E-state index is 13.4. The summed E-state index contributed by atoms with van der Waals surface area (Å²) in [4.78, 5) is 16.8. The van der Waals surface area contributed by atoms with Gasteiger partial charge >= 0.3 is 0 Å². The third-order valence-electron chi connectivity index (χ3n) is 5.65. The second-order valence-corrected chi connectivity index (χ2v) is 10.5. The lowest BCUT2D eigenvalue weighted by molar-refractivity contribution is 0.0696. The highest BCUT2D eigenvalue weighted by Crippen LogP contribution is 2.38. The van der Waals surface area contributed by atoms with Crippen LogP contribution in [-0.4, -0.2) is 31.8 Å². The van der Waals surface area contributed by atoms with Crippen molar-refractivity contribution in [3.05, 3.63) is 87.6 Å². The van der Waals surface area contributed by atoms with Crippen LogP contribution < -0.4 is 4.72 Å². The molecular weight excluding hydrogens is 416 g/mol. The molecule has 1 aromatic heterocycles. The summed E-state index contributed by atoms with van der Waals surface area (Å²) in [7, 11) is -3.52. The van der Waals surface area contributed by atoms with E-state index >= 15 is 0 Å². The molecule has 1 N–H and O–H groups in total. The van der Waals surface area contributed by atoms with Crippen LogP contribution in [0, 0.1) is 0 Å². The molecule has 2 aliphatic rings. The van der Waals surface area contributed by atoms with Crippen molar-refractivity contribution in [2.45, 2.75) is 36.2 Å². The molecule has 5 rings (SSSR count). The number of nitrogens with zero attached hydrogens (tertiary/aromatic N) is 1. The van der Waals surface area contributed by atoms with Gasteiger partial charge in [-0.25, -0.2) is 13.1 Å². The van der Waals surface area contributed by atoms with Crippen molar-refractivity contribution in [2.24, 2.45) is 0 Å². The lowest BCUT2D eigenvalue weighted by atomic mass is 9.92. The topological polar surface area (TPSA) is 66.5 Å². The van der Waals surface area contributed by atoms with Crippen LogP contribution in [0.4, 0.5) is 0 Å². The van der Waals surface area contributed by atoms with E-state index in [2.05, 4.69) is 28.3 Å². The molecule has 0 bridgehead atoms. The van der Waals surface area contributed by atoms with Crippen molar-refractivity contribution in [3.8, 4) is 0 Å². The van der Waals surface area contributed by atoms with Crippen LogP contribution in [0.1, 0.15) is 45.2 Å². The molecule has 0 saturated heterocycles. The third-order valence-corrected chi connectivity index (χ3v) is 8.19. The van der Waals surface area contributed by atoms with Gasteiger partial charge in [-0.3, -0.25) is 4.79 Å². The van der Waals surface area contributed by atoms with Crippen LogP contribution in [0.2, 0.25) is 0 Å². The number of thiophene rings is 1. The Morgan fingerprint density at radius 3 is 2.43 bits per heavy atom. The van der Waals surface area contributed by atoms with E-state index in [1.165, 1.54) is 22.6 Å². The summed E-state index contributed by atoms with van der Waals surface area (Å²) in [6.45, 7) is 0.634. The molecule has 1 saturated carbocycles. The molecule has 1 atom stereocenters. The predicted octanol–water partition coefficient (Wildman–Crippen LogP) is 3.98. The molecule has 1 aliphatic carbocycles. The van der Waals surface area contributed by atoms with Gasteiger partial charge in [-0.2, -0.15) is 0 Å². The number of hydrogen-bond donors (Lipinski definition) is 1. The highest BCUT2D eigenvalue weighted by atomic mass is 32.2. The average Bonchev–Trinajstić information content (AvgIpc) is 3.44. The monoisotopic (exact) mass is 438 g/mol. The first-order valence-corrected chi connectivity index (χ1v) is 12.4. The Balaban J connectivity index is 1.45. The third kappa shape index (κ3) is 3.69. The Bertz CT molecular complexity index is 1170. The van der Waals surface area contributed by atoms with E-state index in [9.17, 15) is 13.2 Å². The van der Waals surface area contributed by atoms with Gasteiger partial charge in [0, 0.05) is 23.0 Å². The summed E-state index contributed by atoms with van der Waals surface area (Å²) in [6.07, 6.45) is 2.60. The molecule has 0 radical (unpaired) electrons. The zero-order chi connectivity index (χ0) is 20.7. The van der Waals surface area contributed by atoms with Crippen molar-refractivity contribution in [1.29, 1.82) is 0 Å². The number of fused-ring (bicyclic) bond motifs is 1. The average molecular weight is 439 g/mol. The van der Waals surface area contributed by atoms with Gasteiger partial charge in [-0.15, -0.1) is 11.3 Å². The summed E-state index contributed by atoms with van der Waals surface area (Å²) < 4.78 is 27.5. The molecule has 1 fully saturated rings. The molecule has 0 unspecified atom stereocenters. The maximum atomic E-state index is 13.4. The predicted molar refractivity (Wildman–Crippen MR) is 117 cm³/mol. The van der Waals surface area contributed by atoms with E-state index in [1.807, 2.05) is 23.1 Å². The van der Waals surface area contributed by atoms with Crippen molar-refractivity contribution >= 4 is 27.3 Å². The van der Waals surface area contributed by atoms with Gasteiger partial charge in [-0.1, -0.05) is 30.3 Å². The fourth-order valence-corrected chi connectivity index (χ4v) is 6.17. The number of hydrogen-bond acceptors (Lipinski definition) is 4. The van der Waals surface area contributed by atoms with E-state index in [4.69, 9.17) is 0 Å². The molecule has 1 aliphatic heterocycles. The summed E-state index contributed by atoms with van der Waals surface area (Å²) in [5.74, 6) is -0.0835. The fourth-order valence-electron chi connectivity index (χ4n) is 3.96. The van der Waals surface area contributed by atoms with Gasteiger partial charge in [0.05, 0.1) is 10.9 Å². The lowest BCUT2D eigenvalue weighted by Gasteiger charge is -2.36.